The van der Waals surface area contributed by atoms with Gasteiger partial charge in [-0.25, -0.2) is 0 Å². The van der Waals surface area contributed by atoms with Gasteiger partial charge in [0, 0.05) is 10.2 Å². The van der Waals surface area contributed by atoms with Gasteiger partial charge >= 0.3 is 5.97 Å². The lowest BCUT2D eigenvalue weighted by atomic mass is 9.97. The van der Waals surface area contributed by atoms with E-state index in [1.165, 1.54) is 0 Å². The topological polar surface area (TPSA) is 57.5 Å². The van der Waals surface area contributed by atoms with Gasteiger partial charge in [-0.15, -0.1) is 23.4 Å². The van der Waals surface area contributed by atoms with Crippen molar-refractivity contribution in [1.29, 1.82) is 0 Å². The van der Waals surface area contributed by atoms with Gasteiger partial charge in [0.15, 0.2) is 0 Å². The molecule has 1 saturated heterocycles. The minimum Gasteiger partial charge on any atom is -0.481 e. The fourth-order valence-corrected chi connectivity index (χ4v) is 3.62. The Morgan fingerprint density at radius 3 is 3.06 bits per heavy atom. The minimum absolute atomic E-state index is 0.0391. The molecule has 0 aromatic rings. The van der Waals surface area contributed by atoms with Crippen molar-refractivity contribution in [1.82, 2.24) is 0 Å². The molecule has 2 N–H and O–H groups in total. The van der Waals surface area contributed by atoms with Crippen LogP contribution in [0.15, 0.2) is 22.6 Å². The first-order valence-corrected chi connectivity index (χ1v) is 6.50. The number of hydrogen-bond donors (Lipinski definition) is 2. The number of alkyl halides is 1. The van der Waals surface area contributed by atoms with Crippen LogP contribution >= 0.6 is 23.4 Å². The molecule has 2 aliphatic rings. The summed E-state index contributed by atoms with van der Waals surface area (Å²) in [5.74, 6) is -0.816. The molecular weight excluding hydrogens is 248 g/mol. The molecule has 3 unspecified atom stereocenters. The van der Waals surface area contributed by atoms with Crippen molar-refractivity contribution in [2.24, 2.45) is 0 Å². The maximum Gasteiger partial charge on any atom is 0.304 e. The molecule has 0 bridgehead atoms. The molecule has 0 aromatic heterocycles. The maximum absolute atomic E-state index is 10.6. The molecule has 1 heterocycles. The SMILES string of the molecule is O=C(O)CC1CC(O)C2=CC(Cl)CC=C2S1. The number of carboxylic acids is 1. The van der Waals surface area contributed by atoms with Crippen molar-refractivity contribution in [3.63, 3.8) is 0 Å². The highest BCUT2D eigenvalue weighted by Gasteiger charge is 2.31. The van der Waals surface area contributed by atoms with Crippen molar-refractivity contribution in [3.8, 4) is 0 Å². The van der Waals surface area contributed by atoms with E-state index in [2.05, 4.69) is 0 Å². The van der Waals surface area contributed by atoms with Gasteiger partial charge in [0.2, 0.25) is 0 Å². The predicted molar refractivity (Wildman–Crippen MR) is 64.7 cm³/mol. The molecule has 0 amide bonds. The third-order valence-electron chi connectivity index (χ3n) is 2.71. The van der Waals surface area contributed by atoms with E-state index >= 15 is 0 Å². The number of hydrogen-bond acceptors (Lipinski definition) is 3. The number of carbonyl (C=O) groups is 1. The number of aliphatic carboxylic acids is 1. The van der Waals surface area contributed by atoms with Crippen molar-refractivity contribution in [2.45, 2.75) is 36.0 Å². The molecule has 0 spiro atoms. The van der Waals surface area contributed by atoms with E-state index in [0.717, 1.165) is 16.9 Å². The van der Waals surface area contributed by atoms with E-state index in [0.29, 0.717) is 6.42 Å². The van der Waals surface area contributed by atoms with Crippen LogP contribution in [0.25, 0.3) is 0 Å². The summed E-state index contributed by atoms with van der Waals surface area (Å²) in [6.45, 7) is 0. The van der Waals surface area contributed by atoms with Gasteiger partial charge in [-0.2, -0.15) is 0 Å². The van der Waals surface area contributed by atoms with E-state index in [1.807, 2.05) is 12.2 Å². The molecule has 16 heavy (non-hydrogen) atoms. The molecule has 3 nitrogen and oxygen atoms in total. The number of fused-ring (bicyclic) bond motifs is 1. The normalized spacial score (nSPS) is 33.8. The van der Waals surface area contributed by atoms with Crippen LogP contribution in [0.5, 0.6) is 0 Å². The molecule has 88 valence electrons. The molecule has 3 atom stereocenters. The van der Waals surface area contributed by atoms with E-state index in [1.54, 1.807) is 11.8 Å². The van der Waals surface area contributed by atoms with Crippen LogP contribution in [-0.2, 0) is 4.79 Å². The first kappa shape index (κ1) is 12.0. The second-order valence-corrected chi connectivity index (χ2v) is 5.93. The first-order chi connectivity index (χ1) is 7.56. The maximum atomic E-state index is 10.6. The lowest BCUT2D eigenvalue weighted by Crippen LogP contribution is -2.27. The number of thioether (sulfide) groups is 1. The first-order valence-electron chi connectivity index (χ1n) is 5.19. The molecule has 2 rings (SSSR count). The van der Waals surface area contributed by atoms with Crippen LogP contribution in [0.4, 0.5) is 0 Å². The van der Waals surface area contributed by atoms with Crippen LogP contribution in [0, 0.1) is 0 Å². The smallest absolute Gasteiger partial charge is 0.304 e. The summed E-state index contributed by atoms with van der Waals surface area (Å²) in [5, 5.41) is 18.6. The second kappa shape index (κ2) is 4.82. The van der Waals surface area contributed by atoms with Crippen molar-refractivity contribution < 1.29 is 15.0 Å². The zero-order valence-corrected chi connectivity index (χ0v) is 10.2. The van der Waals surface area contributed by atoms with E-state index in [4.69, 9.17) is 16.7 Å². The molecule has 0 aromatic carbocycles. The Labute approximate surface area is 103 Å². The van der Waals surface area contributed by atoms with Crippen LogP contribution in [0.3, 0.4) is 0 Å². The van der Waals surface area contributed by atoms with Crippen molar-refractivity contribution >= 4 is 29.3 Å². The average Bonchev–Trinajstić information content (AvgIpc) is 2.18. The zero-order chi connectivity index (χ0) is 11.7. The lowest BCUT2D eigenvalue weighted by molar-refractivity contribution is -0.137. The Kier molecular flexibility index (Phi) is 3.62. The fraction of sp³-hybridized carbons (Fsp3) is 0.545. The van der Waals surface area contributed by atoms with E-state index < -0.39 is 12.1 Å². The van der Waals surface area contributed by atoms with Crippen LogP contribution < -0.4 is 0 Å². The Morgan fingerprint density at radius 1 is 1.62 bits per heavy atom. The number of carboxylic acid groups (broad SMARTS) is 1. The molecule has 5 heteroatoms. The van der Waals surface area contributed by atoms with Gasteiger partial charge in [-0.05, 0) is 18.4 Å². The van der Waals surface area contributed by atoms with Crippen LogP contribution in [0.2, 0.25) is 0 Å². The summed E-state index contributed by atoms with van der Waals surface area (Å²) >= 11 is 7.53. The number of rotatable bonds is 2. The quantitative estimate of drug-likeness (QED) is 0.747. The summed E-state index contributed by atoms with van der Waals surface area (Å²) in [6, 6.07) is 0. The summed E-state index contributed by atoms with van der Waals surface area (Å²) in [5.41, 5.74) is 0.873. The van der Waals surface area contributed by atoms with Gasteiger partial charge in [0.05, 0.1) is 17.9 Å². The van der Waals surface area contributed by atoms with Crippen LogP contribution in [-0.4, -0.2) is 32.9 Å². The largest absolute Gasteiger partial charge is 0.481 e. The number of aliphatic hydroxyl groups is 1. The Hall–Kier alpha value is -0.450. The highest BCUT2D eigenvalue weighted by molar-refractivity contribution is 8.04. The third kappa shape index (κ3) is 2.62. The fourth-order valence-electron chi connectivity index (χ4n) is 2.00. The number of aliphatic hydroxyl groups excluding tert-OH is 1. The van der Waals surface area contributed by atoms with Crippen molar-refractivity contribution in [3.05, 3.63) is 22.6 Å². The lowest BCUT2D eigenvalue weighted by Gasteiger charge is -2.32. The van der Waals surface area contributed by atoms with Crippen LogP contribution in [0.1, 0.15) is 19.3 Å². The van der Waals surface area contributed by atoms with Gasteiger partial charge in [-0.3, -0.25) is 4.79 Å². The number of allylic oxidation sites excluding steroid dienone is 2. The van der Waals surface area contributed by atoms with Gasteiger partial charge in [-0.1, -0.05) is 12.2 Å². The summed E-state index contributed by atoms with van der Waals surface area (Å²) in [6.07, 6.45) is 4.64. The molecule has 0 saturated carbocycles. The van der Waals surface area contributed by atoms with Crippen molar-refractivity contribution in [2.75, 3.05) is 0 Å². The highest BCUT2D eigenvalue weighted by Crippen LogP contribution is 2.43. The minimum atomic E-state index is -0.816. The van der Waals surface area contributed by atoms with E-state index in [9.17, 15) is 9.90 Å². The second-order valence-electron chi connectivity index (χ2n) is 4.03. The predicted octanol–water partition coefficient (Wildman–Crippen LogP) is 2.15. The Balaban J connectivity index is 2.11. The van der Waals surface area contributed by atoms with Gasteiger partial charge < -0.3 is 10.2 Å². The monoisotopic (exact) mass is 260 g/mol. The molecule has 1 fully saturated rings. The number of halogens is 1. The summed E-state index contributed by atoms with van der Waals surface area (Å²) < 4.78 is 0. The summed E-state index contributed by atoms with van der Waals surface area (Å²) in [7, 11) is 0. The summed E-state index contributed by atoms with van der Waals surface area (Å²) in [4.78, 5) is 11.6. The molecule has 0 radical (unpaired) electrons. The molecular formula is C11H13ClO3S. The highest BCUT2D eigenvalue weighted by atomic mass is 35.5. The standard InChI is InChI=1S/C11H13ClO3S/c12-6-1-2-10-8(3-6)9(13)4-7(16-10)5-11(14)15/h2-3,6-7,9,13H,1,4-5H2,(H,14,15). The van der Waals surface area contributed by atoms with Gasteiger partial charge in [0.1, 0.15) is 0 Å². The Bertz CT molecular complexity index is 364. The zero-order valence-electron chi connectivity index (χ0n) is 8.60. The third-order valence-corrected chi connectivity index (χ3v) is 4.37. The van der Waals surface area contributed by atoms with Gasteiger partial charge in [0.25, 0.3) is 0 Å². The molecule has 1 aliphatic carbocycles. The van der Waals surface area contributed by atoms with E-state index in [-0.39, 0.29) is 17.0 Å². The molecule has 1 aliphatic heterocycles. The average molecular weight is 261 g/mol. The Morgan fingerprint density at radius 2 is 2.38 bits per heavy atom.